The number of nitrogens with two attached hydrogens (primary N) is 1. The van der Waals surface area contributed by atoms with Crippen LogP contribution in [-0.2, 0) is 0 Å². The van der Waals surface area contributed by atoms with E-state index >= 15 is 0 Å². The second-order valence-electron chi connectivity index (χ2n) is 4.58. The summed E-state index contributed by atoms with van der Waals surface area (Å²) in [7, 11) is 0. The standard InChI is InChI=1S/C14H19FN2OS/c1-3-9(2)19-8-12(17-16)13-7-10-5-4-6-11(15)14(10)18-13/h4-7,9,12,17H,3,8,16H2,1-2H3. The van der Waals surface area contributed by atoms with Crippen molar-refractivity contribution in [1.82, 2.24) is 5.43 Å². The second kappa shape index (κ2) is 6.41. The quantitative estimate of drug-likeness (QED) is 0.628. The number of rotatable bonds is 6. The third kappa shape index (κ3) is 3.29. The van der Waals surface area contributed by atoms with Crippen LogP contribution in [0.4, 0.5) is 4.39 Å². The zero-order valence-corrected chi connectivity index (χ0v) is 12.0. The Kier molecular flexibility index (Phi) is 4.85. The maximum atomic E-state index is 13.6. The molecule has 0 saturated heterocycles. The monoisotopic (exact) mass is 282 g/mol. The van der Waals surface area contributed by atoms with Crippen LogP contribution in [0.1, 0.15) is 32.1 Å². The van der Waals surface area contributed by atoms with Gasteiger partial charge in [-0.25, -0.2) is 9.82 Å². The first-order chi connectivity index (χ1) is 9.15. The third-order valence-corrected chi connectivity index (χ3v) is 4.61. The van der Waals surface area contributed by atoms with Gasteiger partial charge in [0.2, 0.25) is 0 Å². The lowest BCUT2D eigenvalue weighted by atomic mass is 10.2. The minimum Gasteiger partial charge on any atom is -0.456 e. The molecule has 3 N–H and O–H groups in total. The highest BCUT2D eigenvalue weighted by atomic mass is 32.2. The molecule has 1 aromatic heterocycles. The van der Waals surface area contributed by atoms with Gasteiger partial charge in [0, 0.05) is 16.4 Å². The molecule has 1 aromatic carbocycles. The Labute approximate surface area is 116 Å². The van der Waals surface area contributed by atoms with Gasteiger partial charge in [-0.05, 0) is 18.6 Å². The van der Waals surface area contributed by atoms with E-state index in [1.165, 1.54) is 6.07 Å². The molecule has 19 heavy (non-hydrogen) atoms. The molecule has 5 heteroatoms. The van der Waals surface area contributed by atoms with Gasteiger partial charge in [-0.15, -0.1) is 0 Å². The van der Waals surface area contributed by atoms with Crippen LogP contribution < -0.4 is 11.3 Å². The van der Waals surface area contributed by atoms with Gasteiger partial charge in [-0.2, -0.15) is 11.8 Å². The first-order valence-corrected chi connectivity index (χ1v) is 7.46. The Morgan fingerprint density at radius 3 is 2.89 bits per heavy atom. The summed E-state index contributed by atoms with van der Waals surface area (Å²) in [5.41, 5.74) is 3.04. The number of fused-ring (bicyclic) bond motifs is 1. The predicted molar refractivity (Wildman–Crippen MR) is 78.4 cm³/mol. The number of thioether (sulfide) groups is 1. The predicted octanol–water partition coefficient (Wildman–Crippen LogP) is 3.61. The Hall–Kier alpha value is -1.04. The van der Waals surface area contributed by atoms with Crippen molar-refractivity contribution in [3.63, 3.8) is 0 Å². The van der Waals surface area contributed by atoms with Gasteiger partial charge in [-0.3, -0.25) is 5.84 Å². The smallest absolute Gasteiger partial charge is 0.169 e. The lowest BCUT2D eigenvalue weighted by molar-refractivity contribution is 0.453. The Morgan fingerprint density at radius 2 is 2.26 bits per heavy atom. The van der Waals surface area contributed by atoms with E-state index in [0.717, 1.165) is 17.6 Å². The molecule has 0 bridgehead atoms. The summed E-state index contributed by atoms with van der Waals surface area (Å²) in [5.74, 6) is 6.71. The number of hydrogen-bond acceptors (Lipinski definition) is 4. The molecule has 1 heterocycles. The molecule has 0 fully saturated rings. The van der Waals surface area contributed by atoms with Crippen LogP contribution in [0.3, 0.4) is 0 Å². The highest BCUT2D eigenvalue weighted by Gasteiger charge is 2.17. The molecule has 2 aromatic rings. The zero-order valence-electron chi connectivity index (χ0n) is 11.2. The van der Waals surface area contributed by atoms with Gasteiger partial charge in [-0.1, -0.05) is 26.0 Å². The molecule has 0 amide bonds. The van der Waals surface area contributed by atoms with Gasteiger partial charge in [0.05, 0.1) is 6.04 Å². The van der Waals surface area contributed by atoms with Crippen molar-refractivity contribution in [2.24, 2.45) is 5.84 Å². The molecule has 2 unspecified atom stereocenters. The van der Waals surface area contributed by atoms with Crippen molar-refractivity contribution in [1.29, 1.82) is 0 Å². The van der Waals surface area contributed by atoms with Crippen LogP contribution in [-0.4, -0.2) is 11.0 Å². The average molecular weight is 282 g/mol. The fourth-order valence-electron chi connectivity index (χ4n) is 1.81. The summed E-state index contributed by atoms with van der Waals surface area (Å²) in [5, 5.41) is 1.33. The molecule has 0 spiro atoms. The molecule has 0 aliphatic heterocycles. The van der Waals surface area contributed by atoms with Crippen molar-refractivity contribution in [2.45, 2.75) is 31.6 Å². The van der Waals surface area contributed by atoms with E-state index < -0.39 is 0 Å². The molecule has 3 nitrogen and oxygen atoms in total. The summed E-state index contributed by atoms with van der Waals surface area (Å²) in [6.45, 7) is 4.33. The topological polar surface area (TPSA) is 51.2 Å². The van der Waals surface area contributed by atoms with Crippen LogP contribution in [0, 0.1) is 5.82 Å². The van der Waals surface area contributed by atoms with E-state index in [1.54, 1.807) is 6.07 Å². The highest BCUT2D eigenvalue weighted by molar-refractivity contribution is 7.99. The molecule has 0 saturated carbocycles. The van der Waals surface area contributed by atoms with Crippen molar-refractivity contribution in [3.8, 4) is 0 Å². The van der Waals surface area contributed by atoms with Crippen molar-refractivity contribution in [3.05, 3.63) is 35.8 Å². The second-order valence-corrected chi connectivity index (χ2v) is 6.05. The first kappa shape index (κ1) is 14.4. The summed E-state index contributed by atoms with van der Waals surface area (Å²) in [6, 6.07) is 6.65. The molecule has 104 valence electrons. The van der Waals surface area contributed by atoms with Crippen LogP contribution in [0.5, 0.6) is 0 Å². The van der Waals surface area contributed by atoms with Crippen LogP contribution in [0.25, 0.3) is 11.0 Å². The normalized spacial score (nSPS) is 14.7. The number of hydrazine groups is 1. The van der Waals surface area contributed by atoms with Gasteiger partial charge in [0.25, 0.3) is 0 Å². The Morgan fingerprint density at radius 1 is 1.47 bits per heavy atom. The third-order valence-electron chi connectivity index (χ3n) is 3.18. The first-order valence-electron chi connectivity index (χ1n) is 6.41. The van der Waals surface area contributed by atoms with Crippen molar-refractivity contribution in [2.75, 3.05) is 5.75 Å². The number of nitrogens with one attached hydrogen (secondary N) is 1. The fourth-order valence-corrected chi connectivity index (χ4v) is 2.83. The van der Waals surface area contributed by atoms with Crippen LogP contribution >= 0.6 is 11.8 Å². The molecular weight excluding hydrogens is 263 g/mol. The minimum absolute atomic E-state index is 0.106. The lowest BCUT2D eigenvalue weighted by Crippen LogP contribution is -2.29. The largest absolute Gasteiger partial charge is 0.456 e. The molecule has 2 atom stereocenters. The zero-order chi connectivity index (χ0) is 13.8. The Balaban J connectivity index is 2.18. The highest BCUT2D eigenvalue weighted by Crippen LogP contribution is 2.28. The van der Waals surface area contributed by atoms with E-state index in [-0.39, 0.29) is 11.9 Å². The molecular formula is C14H19FN2OS. The van der Waals surface area contributed by atoms with E-state index in [4.69, 9.17) is 10.3 Å². The lowest BCUT2D eigenvalue weighted by Gasteiger charge is -2.15. The van der Waals surface area contributed by atoms with Gasteiger partial charge in [0.1, 0.15) is 5.76 Å². The summed E-state index contributed by atoms with van der Waals surface area (Å²) in [4.78, 5) is 0. The minimum atomic E-state index is -0.339. The summed E-state index contributed by atoms with van der Waals surface area (Å²) < 4.78 is 19.2. The van der Waals surface area contributed by atoms with E-state index in [2.05, 4.69) is 19.3 Å². The number of halogens is 1. The van der Waals surface area contributed by atoms with E-state index in [9.17, 15) is 4.39 Å². The van der Waals surface area contributed by atoms with Crippen molar-refractivity contribution >= 4 is 22.7 Å². The van der Waals surface area contributed by atoms with Crippen LogP contribution in [0.2, 0.25) is 0 Å². The number of benzene rings is 1. The average Bonchev–Trinajstić information content (AvgIpc) is 2.84. The maximum Gasteiger partial charge on any atom is 0.169 e. The molecule has 0 aliphatic rings. The van der Waals surface area contributed by atoms with Crippen LogP contribution in [0.15, 0.2) is 28.7 Å². The molecule has 0 aliphatic carbocycles. The number of furan rings is 1. The molecule has 2 rings (SSSR count). The van der Waals surface area contributed by atoms with E-state index in [1.807, 2.05) is 23.9 Å². The Bertz CT molecular complexity index is 543. The fraction of sp³-hybridized carbons (Fsp3) is 0.429. The van der Waals surface area contributed by atoms with Gasteiger partial charge in [0.15, 0.2) is 11.4 Å². The van der Waals surface area contributed by atoms with Gasteiger partial charge >= 0.3 is 0 Å². The van der Waals surface area contributed by atoms with Crippen molar-refractivity contribution < 1.29 is 8.81 Å². The maximum absolute atomic E-state index is 13.6. The summed E-state index contributed by atoms with van der Waals surface area (Å²) in [6.07, 6.45) is 1.11. The SMILES string of the molecule is CCC(C)SCC(NN)c1cc2cccc(F)c2o1. The van der Waals surface area contributed by atoms with Gasteiger partial charge < -0.3 is 4.42 Å². The molecule has 0 radical (unpaired) electrons. The van der Waals surface area contributed by atoms with E-state index in [0.29, 0.717) is 16.6 Å². The number of para-hydroxylation sites is 1. The number of hydrogen-bond donors (Lipinski definition) is 2. The summed E-state index contributed by atoms with van der Waals surface area (Å²) >= 11 is 1.82.